The molecule has 5 nitrogen and oxygen atoms in total. The van der Waals surface area contributed by atoms with Crippen molar-refractivity contribution in [3.8, 4) is 11.8 Å². The minimum absolute atomic E-state index is 0.284. The van der Waals surface area contributed by atoms with Crippen molar-refractivity contribution in [1.29, 1.82) is 5.26 Å². The number of benzene rings is 3. The zero-order valence-electron chi connectivity index (χ0n) is 17.3. The van der Waals surface area contributed by atoms with E-state index in [1.807, 2.05) is 54.6 Å². The number of nitrogens with one attached hydrogen (secondary N) is 1. The molecule has 0 bridgehead atoms. The van der Waals surface area contributed by atoms with E-state index in [1.54, 1.807) is 32.2 Å². The first-order valence-corrected chi connectivity index (χ1v) is 10.2. The van der Waals surface area contributed by atoms with Gasteiger partial charge in [-0.1, -0.05) is 60.1 Å². The second-order valence-corrected chi connectivity index (χ2v) is 7.41. The van der Waals surface area contributed by atoms with Crippen molar-refractivity contribution in [1.82, 2.24) is 0 Å². The largest absolute Gasteiger partial charge is 0.497 e. The van der Waals surface area contributed by atoms with Crippen LogP contribution in [0.4, 0.5) is 5.69 Å². The number of carbonyl (C=O) groups excluding carboxylic acids is 1. The summed E-state index contributed by atoms with van der Waals surface area (Å²) in [5.74, 6) is -0.0331. The summed E-state index contributed by atoms with van der Waals surface area (Å²) in [4.78, 5) is 12.5. The number of rotatable bonds is 8. The number of halogens is 1. The molecule has 0 saturated heterocycles. The summed E-state index contributed by atoms with van der Waals surface area (Å²) in [6.45, 7) is 1.97. The molecule has 3 rings (SSSR count). The monoisotopic (exact) mass is 434 g/mol. The average molecular weight is 435 g/mol. The molecule has 2 unspecified atom stereocenters. The number of hydrogen-bond donors (Lipinski definition) is 1. The molecule has 0 fully saturated rings. The van der Waals surface area contributed by atoms with Crippen LogP contribution in [0.2, 0.25) is 5.02 Å². The molecule has 3 aromatic carbocycles. The van der Waals surface area contributed by atoms with Gasteiger partial charge >= 0.3 is 0 Å². The lowest BCUT2D eigenvalue weighted by Gasteiger charge is -2.16. The van der Waals surface area contributed by atoms with Crippen LogP contribution in [0.1, 0.15) is 29.5 Å². The Labute approximate surface area is 187 Å². The van der Waals surface area contributed by atoms with E-state index in [9.17, 15) is 10.1 Å². The fourth-order valence-electron chi connectivity index (χ4n) is 3.11. The van der Waals surface area contributed by atoms with Crippen molar-refractivity contribution >= 4 is 23.2 Å². The number of carbonyl (C=O) groups is 1. The minimum atomic E-state index is -0.666. The second kappa shape index (κ2) is 10.6. The lowest BCUT2D eigenvalue weighted by atomic mass is 9.92. The number of methoxy groups -OCH3 is 1. The van der Waals surface area contributed by atoms with Gasteiger partial charge in [0.2, 0.25) is 0 Å². The third-order valence-corrected chi connectivity index (χ3v) is 5.17. The van der Waals surface area contributed by atoms with E-state index in [0.717, 1.165) is 16.9 Å². The molecular weight excluding hydrogens is 412 g/mol. The second-order valence-electron chi connectivity index (χ2n) is 7.00. The number of anilines is 1. The molecule has 2 atom stereocenters. The molecule has 0 aliphatic carbocycles. The lowest BCUT2D eigenvalue weighted by molar-refractivity contribution is -0.127. The number of ether oxygens (including phenoxy) is 2. The first kappa shape index (κ1) is 22.4. The van der Waals surface area contributed by atoms with E-state index >= 15 is 0 Å². The third-order valence-electron chi connectivity index (χ3n) is 4.84. The SMILES string of the molecule is COc1cccc(COC(C)C(=O)Nc2ccc(C(C#N)c3ccccc3)c(Cl)c2)c1. The highest BCUT2D eigenvalue weighted by Crippen LogP contribution is 2.31. The fourth-order valence-corrected chi connectivity index (χ4v) is 3.40. The quantitative estimate of drug-likeness (QED) is 0.504. The third kappa shape index (κ3) is 5.85. The first-order valence-electron chi connectivity index (χ1n) is 9.81. The van der Waals surface area contributed by atoms with Gasteiger partial charge in [-0.3, -0.25) is 4.79 Å². The van der Waals surface area contributed by atoms with Gasteiger partial charge in [0.25, 0.3) is 5.91 Å². The summed E-state index contributed by atoms with van der Waals surface area (Å²) >= 11 is 6.44. The summed E-state index contributed by atoms with van der Waals surface area (Å²) < 4.78 is 10.9. The van der Waals surface area contributed by atoms with Gasteiger partial charge in [-0.15, -0.1) is 0 Å². The van der Waals surface area contributed by atoms with Gasteiger partial charge in [-0.2, -0.15) is 5.26 Å². The highest BCUT2D eigenvalue weighted by molar-refractivity contribution is 6.31. The van der Waals surface area contributed by atoms with Crippen molar-refractivity contribution in [3.05, 3.63) is 94.5 Å². The van der Waals surface area contributed by atoms with Gasteiger partial charge in [0.1, 0.15) is 11.9 Å². The summed E-state index contributed by atoms with van der Waals surface area (Å²) in [6, 6.07) is 24.4. The fraction of sp³-hybridized carbons (Fsp3) is 0.200. The molecular formula is C25H23ClN2O3. The number of nitriles is 1. The minimum Gasteiger partial charge on any atom is -0.497 e. The Balaban J connectivity index is 1.63. The molecule has 0 aliphatic rings. The normalized spacial score (nSPS) is 12.5. The van der Waals surface area contributed by atoms with E-state index in [-0.39, 0.29) is 12.5 Å². The molecule has 0 heterocycles. The van der Waals surface area contributed by atoms with E-state index < -0.39 is 12.0 Å². The molecule has 0 saturated carbocycles. The molecule has 0 radical (unpaired) electrons. The average Bonchev–Trinajstić information content (AvgIpc) is 2.80. The standard InChI is InChI=1S/C25H23ClN2O3/c1-17(31-16-18-7-6-10-21(13-18)30-2)25(29)28-20-11-12-22(24(26)14-20)23(15-27)19-8-4-3-5-9-19/h3-14,17,23H,16H2,1-2H3,(H,28,29). The Bertz CT molecular complexity index is 1080. The Morgan fingerprint density at radius 1 is 1.10 bits per heavy atom. The van der Waals surface area contributed by atoms with Crippen LogP contribution in [0.25, 0.3) is 0 Å². The van der Waals surface area contributed by atoms with Gasteiger partial charge < -0.3 is 14.8 Å². The summed E-state index contributed by atoms with van der Waals surface area (Å²) in [5, 5.41) is 12.9. The van der Waals surface area contributed by atoms with Gasteiger partial charge in [0.05, 0.1) is 25.7 Å². The van der Waals surface area contributed by atoms with Gasteiger partial charge in [-0.05, 0) is 47.9 Å². The Morgan fingerprint density at radius 2 is 1.87 bits per heavy atom. The van der Waals surface area contributed by atoms with E-state index in [2.05, 4.69) is 11.4 Å². The van der Waals surface area contributed by atoms with Gasteiger partial charge in [0, 0.05) is 10.7 Å². The van der Waals surface area contributed by atoms with Crippen molar-refractivity contribution in [2.45, 2.75) is 25.6 Å². The molecule has 0 aliphatic heterocycles. The maximum Gasteiger partial charge on any atom is 0.253 e. The number of nitrogens with zero attached hydrogens (tertiary/aromatic N) is 1. The maximum atomic E-state index is 12.5. The zero-order chi connectivity index (χ0) is 22.2. The first-order chi connectivity index (χ1) is 15.0. The van der Waals surface area contributed by atoms with E-state index in [4.69, 9.17) is 21.1 Å². The highest BCUT2D eigenvalue weighted by Gasteiger charge is 2.18. The smallest absolute Gasteiger partial charge is 0.253 e. The summed E-state index contributed by atoms with van der Waals surface area (Å²) in [6.07, 6.45) is -0.666. The Hall–Kier alpha value is -3.33. The molecule has 1 amide bonds. The van der Waals surface area contributed by atoms with Crippen molar-refractivity contribution in [3.63, 3.8) is 0 Å². The van der Waals surface area contributed by atoms with Crippen LogP contribution in [0.3, 0.4) is 0 Å². The van der Waals surface area contributed by atoms with Crippen molar-refractivity contribution in [2.24, 2.45) is 0 Å². The zero-order valence-corrected chi connectivity index (χ0v) is 18.1. The van der Waals surface area contributed by atoms with Crippen molar-refractivity contribution < 1.29 is 14.3 Å². The highest BCUT2D eigenvalue weighted by atomic mass is 35.5. The molecule has 0 spiro atoms. The molecule has 0 aromatic heterocycles. The van der Waals surface area contributed by atoms with Crippen LogP contribution in [-0.2, 0) is 16.1 Å². The Kier molecular flexibility index (Phi) is 7.66. The maximum absolute atomic E-state index is 12.5. The van der Waals surface area contributed by atoms with Crippen LogP contribution in [0.5, 0.6) is 5.75 Å². The van der Waals surface area contributed by atoms with Crippen molar-refractivity contribution in [2.75, 3.05) is 12.4 Å². The molecule has 1 N–H and O–H groups in total. The van der Waals surface area contributed by atoms with E-state index in [1.165, 1.54) is 0 Å². The van der Waals surface area contributed by atoms with Crippen LogP contribution in [0, 0.1) is 11.3 Å². The van der Waals surface area contributed by atoms with Gasteiger partial charge in [-0.25, -0.2) is 0 Å². The number of amides is 1. The van der Waals surface area contributed by atoms with Crippen LogP contribution >= 0.6 is 11.6 Å². The lowest BCUT2D eigenvalue weighted by Crippen LogP contribution is -2.27. The summed E-state index contributed by atoms with van der Waals surface area (Å²) in [5.41, 5.74) is 3.01. The van der Waals surface area contributed by atoms with Gasteiger partial charge in [0.15, 0.2) is 0 Å². The summed E-state index contributed by atoms with van der Waals surface area (Å²) in [7, 11) is 1.60. The molecule has 6 heteroatoms. The number of hydrogen-bond acceptors (Lipinski definition) is 4. The van der Waals surface area contributed by atoms with Crippen LogP contribution in [-0.4, -0.2) is 19.1 Å². The van der Waals surface area contributed by atoms with Crippen LogP contribution < -0.4 is 10.1 Å². The predicted molar refractivity (Wildman–Crippen MR) is 121 cm³/mol. The molecule has 158 valence electrons. The van der Waals surface area contributed by atoms with E-state index in [0.29, 0.717) is 16.3 Å². The van der Waals surface area contributed by atoms with Crippen LogP contribution in [0.15, 0.2) is 72.8 Å². The Morgan fingerprint density at radius 3 is 2.55 bits per heavy atom. The molecule has 31 heavy (non-hydrogen) atoms. The topological polar surface area (TPSA) is 71.3 Å². The predicted octanol–water partition coefficient (Wildman–Crippen LogP) is 5.55. The molecule has 3 aromatic rings.